The molecule has 0 aromatic heterocycles. The summed E-state index contributed by atoms with van der Waals surface area (Å²) in [7, 11) is -1.39. The topological polar surface area (TPSA) is 77.0 Å². The van der Waals surface area contributed by atoms with Gasteiger partial charge in [0.1, 0.15) is 0 Å². The molecular weight excluding hydrogens is 513 g/mol. The van der Waals surface area contributed by atoms with Gasteiger partial charge >= 0.3 is 0 Å². The van der Waals surface area contributed by atoms with Crippen molar-refractivity contribution in [1.82, 2.24) is 14.9 Å². The number of sulfonamides is 1. The molecule has 1 fully saturated rings. The molecule has 1 aliphatic heterocycles. The number of benzene rings is 1. The van der Waals surface area contributed by atoms with Gasteiger partial charge in [-0.2, -0.15) is 0 Å². The summed E-state index contributed by atoms with van der Waals surface area (Å²) >= 11 is 6.09. The van der Waals surface area contributed by atoms with Gasteiger partial charge in [0.05, 0.1) is 6.26 Å². The second-order valence-corrected chi connectivity index (χ2v) is 9.08. The molecule has 1 unspecified atom stereocenters. The van der Waals surface area contributed by atoms with Gasteiger partial charge in [-0.1, -0.05) is 24.6 Å². The second-order valence-electron chi connectivity index (χ2n) is 6.66. The van der Waals surface area contributed by atoms with Crippen LogP contribution in [-0.2, 0) is 10.0 Å². The first-order valence-corrected chi connectivity index (χ1v) is 11.5. The first-order valence-electron chi connectivity index (χ1n) is 9.26. The number of hydrogen-bond donors (Lipinski definition) is 2. The fourth-order valence-corrected chi connectivity index (χ4v) is 4.31. The van der Waals surface area contributed by atoms with Crippen molar-refractivity contribution in [3.63, 3.8) is 0 Å². The Morgan fingerprint density at radius 3 is 2.79 bits per heavy atom. The number of aliphatic imine (C=N–C) groups is 1. The number of hydrogen-bond acceptors (Lipinski definition) is 4. The molecular formula is C18H31ClIN5O2S. The van der Waals surface area contributed by atoms with Crippen LogP contribution in [0.5, 0.6) is 0 Å². The van der Waals surface area contributed by atoms with E-state index in [1.165, 1.54) is 10.6 Å². The van der Waals surface area contributed by atoms with Crippen molar-refractivity contribution in [2.75, 3.05) is 50.9 Å². The fraction of sp³-hybridized carbons (Fsp3) is 0.611. The van der Waals surface area contributed by atoms with Crippen LogP contribution in [0.15, 0.2) is 29.3 Å². The quantitative estimate of drug-likeness (QED) is 0.228. The van der Waals surface area contributed by atoms with Gasteiger partial charge in [-0.15, -0.1) is 24.0 Å². The largest absolute Gasteiger partial charge is 0.369 e. The molecule has 7 nitrogen and oxygen atoms in total. The molecule has 1 saturated heterocycles. The maximum atomic E-state index is 11.6. The van der Waals surface area contributed by atoms with Crippen molar-refractivity contribution in [2.45, 2.75) is 25.8 Å². The smallest absolute Gasteiger partial charge is 0.211 e. The first kappa shape index (κ1) is 25.3. The van der Waals surface area contributed by atoms with E-state index in [1.807, 2.05) is 25.1 Å². The van der Waals surface area contributed by atoms with E-state index in [-0.39, 0.29) is 24.0 Å². The molecule has 1 aromatic rings. The summed E-state index contributed by atoms with van der Waals surface area (Å²) in [5, 5.41) is 7.46. The molecule has 0 saturated carbocycles. The van der Waals surface area contributed by atoms with Crippen LogP contribution in [-0.4, -0.2) is 70.8 Å². The summed E-state index contributed by atoms with van der Waals surface area (Å²) in [5.74, 6) is 0.746. The monoisotopic (exact) mass is 543 g/mol. The number of guanidine groups is 1. The molecule has 2 rings (SSSR count). The Kier molecular flexibility index (Phi) is 10.9. The Hall–Kier alpha value is -0.780. The van der Waals surface area contributed by atoms with Crippen LogP contribution >= 0.6 is 35.6 Å². The number of halogens is 2. The third-order valence-electron chi connectivity index (χ3n) is 4.62. The lowest BCUT2D eigenvalue weighted by molar-refractivity contribution is 0.424. The summed E-state index contributed by atoms with van der Waals surface area (Å²) in [4.78, 5) is 6.58. The van der Waals surface area contributed by atoms with Crippen molar-refractivity contribution < 1.29 is 8.42 Å². The summed E-state index contributed by atoms with van der Waals surface area (Å²) in [6.45, 7) is 5.36. The zero-order valence-electron chi connectivity index (χ0n) is 16.7. The summed E-state index contributed by atoms with van der Waals surface area (Å²) in [6, 6.07) is 8.21. The maximum Gasteiger partial charge on any atom is 0.211 e. The van der Waals surface area contributed by atoms with E-state index in [9.17, 15) is 8.42 Å². The molecule has 0 radical (unpaired) electrons. The average Bonchev–Trinajstić information content (AvgIpc) is 3.08. The number of nitrogens with zero attached hydrogens (tertiary/aromatic N) is 3. The van der Waals surface area contributed by atoms with Gasteiger partial charge in [-0.3, -0.25) is 4.99 Å². The van der Waals surface area contributed by atoms with E-state index in [0.717, 1.165) is 42.6 Å². The van der Waals surface area contributed by atoms with E-state index in [0.29, 0.717) is 25.7 Å². The molecule has 0 spiro atoms. The van der Waals surface area contributed by atoms with Crippen LogP contribution < -0.4 is 15.5 Å². The lowest BCUT2D eigenvalue weighted by atomic mass is 10.2. The highest BCUT2D eigenvalue weighted by molar-refractivity contribution is 14.0. The van der Waals surface area contributed by atoms with Crippen molar-refractivity contribution in [1.29, 1.82) is 0 Å². The summed E-state index contributed by atoms with van der Waals surface area (Å²) in [6.07, 6.45) is 2.99. The minimum Gasteiger partial charge on any atom is -0.369 e. The minimum absolute atomic E-state index is 0. The third kappa shape index (κ3) is 7.92. The number of anilines is 1. The van der Waals surface area contributed by atoms with Crippen molar-refractivity contribution in [3.05, 3.63) is 29.3 Å². The van der Waals surface area contributed by atoms with Crippen LogP contribution in [0.3, 0.4) is 0 Å². The molecule has 1 aromatic carbocycles. The Labute approximate surface area is 191 Å². The van der Waals surface area contributed by atoms with Gasteiger partial charge in [0.25, 0.3) is 0 Å². The molecule has 1 aliphatic rings. The van der Waals surface area contributed by atoms with Gasteiger partial charge in [-0.25, -0.2) is 12.7 Å². The fourth-order valence-electron chi connectivity index (χ4n) is 3.19. The molecule has 160 valence electrons. The Morgan fingerprint density at radius 2 is 2.18 bits per heavy atom. The predicted molar refractivity (Wildman–Crippen MR) is 129 cm³/mol. The molecule has 0 amide bonds. The molecule has 1 heterocycles. The zero-order valence-corrected chi connectivity index (χ0v) is 20.6. The van der Waals surface area contributed by atoms with Crippen LogP contribution in [0, 0.1) is 0 Å². The molecule has 0 bridgehead atoms. The van der Waals surface area contributed by atoms with E-state index < -0.39 is 10.0 Å². The third-order valence-corrected chi connectivity index (χ3v) is 6.24. The van der Waals surface area contributed by atoms with Crippen molar-refractivity contribution in [2.24, 2.45) is 4.99 Å². The normalized spacial score (nSPS) is 17.5. The minimum atomic E-state index is -3.13. The van der Waals surface area contributed by atoms with Gasteiger partial charge in [-0.05, 0) is 31.0 Å². The van der Waals surface area contributed by atoms with Gasteiger partial charge in [0, 0.05) is 56.5 Å². The average molecular weight is 544 g/mol. The highest BCUT2D eigenvalue weighted by atomic mass is 127. The lowest BCUT2D eigenvalue weighted by Crippen LogP contribution is -2.45. The predicted octanol–water partition coefficient (Wildman–Crippen LogP) is 2.37. The lowest BCUT2D eigenvalue weighted by Gasteiger charge is -2.21. The van der Waals surface area contributed by atoms with E-state index in [2.05, 4.69) is 26.6 Å². The van der Waals surface area contributed by atoms with Crippen LogP contribution in [0.1, 0.15) is 19.8 Å². The van der Waals surface area contributed by atoms with Gasteiger partial charge in [0.2, 0.25) is 10.0 Å². The molecule has 0 aliphatic carbocycles. The highest BCUT2D eigenvalue weighted by Crippen LogP contribution is 2.23. The molecule has 1 atom stereocenters. The Morgan fingerprint density at radius 1 is 1.43 bits per heavy atom. The first-order chi connectivity index (χ1) is 12.8. The summed E-state index contributed by atoms with van der Waals surface area (Å²) in [5.41, 5.74) is 1.13. The van der Waals surface area contributed by atoms with E-state index in [4.69, 9.17) is 11.6 Å². The number of nitrogens with one attached hydrogen (secondary N) is 2. The zero-order chi connectivity index (χ0) is 19.9. The second kappa shape index (κ2) is 12.0. The van der Waals surface area contributed by atoms with Crippen LogP contribution in [0.4, 0.5) is 5.69 Å². The standard InChI is InChI=1S/C18H30ClN5O2S.HI/c1-4-24(27(3,25)26)11-6-10-21-18(20-2)22-16-9-12-23(14-16)17-8-5-7-15(19)13-17;/h5,7-8,13,16H,4,6,9-12,14H2,1-3H3,(H2,20,21,22);1H. The van der Waals surface area contributed by atoms with Crippen molar-refractivity contribution >= 4 is 57.2 Å². The maximum absolute atomic E-state index is 11.6. The van der Waals surface area contributed by atoms with Gasteiger partial charge in [0.15, 0.2) is 5.96 Å². The Balaban J connectivity index is 0.00000392. The van der Waals surface area contributed by atoms with Gasteiger partial charge < -0.3 is 15.5 Å². The summed E-state index contributed by atoms with van der Waals surface area (Å²) < 4.78 is 24.7. The molecule has 2 N–H and O–H groups in total. The van der Waals surface area contributed by atoms with Crippen molar-refractivity contribution in [3.8, 4) is 0 Å². The molecule has 28 heavy (non-hydrogen) atoms. The van der Waals surface area contributed by atoms with E-state index >= 15 is 0 Å². The Bertz CT molecular complexity index is 747. The SMILES string of the molecule is CCN(CCCNC(=NC)NC1CCN(c2cccc(Cl)c2)C1)S(C)(=O)=O.I. The molecule has 10 heteroatoms. The highest BCUT2D eigenvalue weighted by Gasteiger charge is 2.23. The van der Waals surface area contributed by atoms with Crippen LogP contribution in [0.25, 0.3) is 0 Å². The van der Waals surface area contributed by atoms with Crippen LogP contribution in [0.2, 0.25) is 5.02 Å². The van der Waals surface area contributed by atoms with E-state index in [1.54, 1.807) is 7.05 Å². The number of rotatable bonds is 8.